The van der Waals surface area contributed by atoms with Crippen LogP contribution in [0.25, 0.3) is 111 Å². The van der Waals surface area contributed by atoms with Crippen LogP contribution in [-0.4, -0.2) is 0 Å². The number of aryl methyl sites for hydroxylation is 1. The fourth-order valence-corrected chi connectivity index (χ4v) is 16.0. The van der Waals surface area contributed by atoms with Gasteiger partial charge in [-0.15, -0.1) is 0 Å². The predicted octanol–water partition coefficient (Wildman–Crippen LogP) is 24.6. The highest BCUT2D eigenvalue weighted by molar-refractivity contribution is 6.13. The summed E-state index contributed by atoms with van der Waals surface area (Å²) in [6, 6.07) is 108. The SMILES string of the molecule is Cc1ccccc1-c1cc(-c2ccccc2)cc(F)c1N(c1ccc2c(c1)C(C)(C1(C)c3ccccc3-c3ccc(N(c4c(F)cc(-c5ccccc5)cc4-c4c#cccc4)c4cccc5c4oc4ccccc45)cc31)c1ccccc1-2)c1cccc2c1oc1ccccc12. The van der Waals surface area contributed by atoms with Gasteiger partial charge in [0.2, 0.25) is 0 Å². The lowest BCUT2D eigenvalue weighted by Crippen LogP contribution is -2.44. The first-order chi connectivity index (χ1) is 46.6. The van der Waals surface area contributed by atoms with Gasteiger partial charge >= 0.3 is 0 Å². The van der Waals surface area contributed by atoms with Crippen LogP contribution in [0.5, 0.6) is 0 Å². The van der Waals surface area contributed by atoms with Gasteiger partial charge in [0.25, 0.3) is 0 Å². The van der Waals surface area contributed by atoms with Crippen LogP contribution in [0.4, 0.5) is 42.9 Å². The van der Waals surface area contributed by atoms with E-state index >= 15 is 8.78 Å². The topological polar surface area (TPSA) is 32.8 Å². The smallest absolute Gasteiger partial charge is 0.159 e. The highest BCUT2D eigenvalue weighted by Gasteiger charge is 2.58. The number of nitrogens with zero attached hydrogens (tertiary/aromatic N) is 2. The van der Waals surface area contributed by atoms with E-state index in [1.165, 1.54) is 0 Å². The molecule has 2 atom stereocenters. The monoisotopic (exact) mass is 1220 g/mol. The number of anilines is 6. The van der Waals surface area contributed by atoms with E-state index in [4.69, 9.17) is 8.83 Å². The van der Waals surface area contributed by atoms with E-state index in [1.807, 2.05) is 140 Å². The van der Waals surface area contributed by atoms with Crippen molar-refractivity contribution in [3.05, 3.63) is 349 Å². The first kappa shape index (κ1) is 55.8. The van der Waals surface area contributed by atoms with Gasteiger partial charge in [0, 0.05) is 60.4 Å². The summed E-state index contributed by atoms with van der Waals surface area (Å²) in [6.45, 7) is 6.88. The van der Waals surface area contributed by atoms with Gasteiger partial charge in [-0.25, -0.2) is 8.78 Å². The third-order valence-corrected chi connectivity index (χ3v) is 20.5. The molecular weight excluding hydrogens is 1170 g/mol. The van der Waals surface area contributed by atoms with E-state index in [-0.39, 0.29) is 5.82 Å². The molecule has 2 aliphatic carbocycles. The van der Waals surface area contributed by atoms with Crippen molar-refractivity contribution < 1.29 is 17.6 Å². The van der Waals surface area contributed by atoms with Gasteiger partial charge < -0.3 is 18.6 Å². The van der Waals surface area contributed by atoms with Crippen molar-refractivity contribution in [3.8, 4) is 66.8 Å². The minimum absolute atomic E-state index is 0.340. The fourth-order valence-electron chi connectivity index (χ4n) is 16.0. The van der Waals surface area contributed by atoms with Crippen molar-refractivity contribution in [3.63, 3.8) is 0 Å². The number of furan rings is 2. The largest absolute Gasteiger partial charge is 0.454 e. The second-order valence-corrected chi connectivity index (χ2v) is 25.4. The zero-order chi connectivity index (χ0) is 63.7. The van der Waals surface area contributed by atoms with Gasteiger partial charge in [0.05, 0.1) is 22.7 Å². The number of fused-ring (bicyclic) bond motifs is 12. The third kappa shape index (κ3) is 8.39. The molecule has 4 nitrogen and oxygen atoms in total. The number of benzene rings is 13. The fraction of sp³-hybridized carbons (Fsp3) is 0.0562. The lowest BCUT2D eigenvalue weighted by Gasteiger charge is -2.45. The third-order valence-electron chi connectivity index (χ3n) is 20.5. The first-order valence-electron chi connectivity index (χ1n) is 32.3. The molecule has 18 rings (SSSR count). The molecule has 0 spiro atoms. The van der Waals surface area contributed by atoms with Crippen LogP contribution in [0.3, 0.4) is 0 Å². The molecule has 6 heteroatoms. The Bertz CT molecular complexity index is 5770. The summed E-state index contributed by atoms with van der Waals surface area (Å²) in [7, 11) is 0. The van der Waals surface area contributed by atoms with Gasteiger partial charge in [-0.1, -0.05) is 238 Å². The molecule has 0 saturated heterocycles. The number of rotatable bonds is 11. The molecule has 14 aromatic carbocycles. The average Bonchev–Trinajstić information content (AvgIpc) is 1.47. The number of hydrogen-bond acceptors (Lipinski definition) is 4. The van der Waals surface area contributed by atoms with Crippen LogP contribution in [0.1, 0.15) is 41.7 Å². The molecular formula is C89H58F2N2O2. The van der Waals surface area contributed by atoms with Gasteiger partial charge in [0.1, 0.15) is 22.8 Å². The molecule has 0 bridgehead atoms. The Balaban J connectivity index is 0.900. The minimum Gasteiger partial charge on any atom is -0.454 e. The van der Waals surface area contributed by atoms with Crippen molar-refractivity contribution in [2.24, 2.45) is 0 Å². The maximum atomic E-state index is 18.7. The molecule has 2 heterocycles. The van der Waals surface area contributed by atoms with E-state index in [1.54, 1.807) is 12.1 Å². The normalized spacial score (nSPS) is 15.2. The molecule has 16 aromatic rings. The van der Waals surface area contributed by atoms with E-state index < -0.39 is 16.6 Å². The van der Waals surface area contributed by atoms with E-state index in [2.05, 4.69) is 188 Å². The summed E-state index contributed by atoms with van der Waals surface area (Å²) >= 11 is 0. The van der Waals surface area contributed by atoms with Crippen LogP contribution in [-0.2, 0) is 10.8 Å². The van der Waals surface area contributed by atoms with Crippen LogP contribution in [0.2, 0.25) is 0 Å². The van der Waals surface area contributed by atoms with Gasteiger partial charge in [-0.05, 0) is 170 Å². The molecule has 450 valence electrons. The Kier molecular flexibility index (Phi) is 12.6. The van der Waals surface area contributed by atoms with Gasteiger partial charge in [-0.3, -0.25) is 0 Å². The maximum Gasteiger partial charge on any atom is 0.159 e. The molecule has 0 amide bonds. The second-order valence-electron chi connectivity index (χ2n) is 25.4. The molecule has 0 saturated carbocycles. The first-order valence-corrected chi connectivity index (χ1v) is 32.3. The molecule has 0 radical (unpaired) electrons. The van der Waals surface area contributed by atoms with Crippen LogP contribution in [0.15, 0.2) is 306 Å². The van der Waals surface area contributed by atoms with Crippen molar-refractivity contribution in [2.45, 2.75) is 31.6 Å². The van der Waals surface area contributed by atoms with E-state index in [0.29, 0.717) is 45.0 Å². The number of para-hydroxylation sites is 4. The van der Waals surface area contributed by atoms with Crippen LogP contribution in [0, 0.1) is 30.7 Å². The van der Waals surface area contributed by atoms with E-state index in [0.717, 1.165) is 128 Å². The summed E-state index contributed by atoms with van der Waals surface area (Å²) < 4.78 is 51.3. The summed E-state index contributed by atoms with van der Waals surface area (Å²) in [5.74, 6) is -0.807. The zero-order valence-electron chi connectivity index (χ0n) is 52.3. The molecule has 0 aliphatic heterocycles. The second kappa shape index (κ2) is 21.5. The zero-order valence-corrected chi connectivity index (χ0v) is 52.3. The van der Waals surface area contributed by atoms with Gasteiger partial charge in [-0.2, -0.15) is 0 Å². The Morgan fingerprint density at radius 2 is 0.768 bits per heavy atom. The van der Waals surface area contributed by atoms with Crippen molar-refractivity contribution in [2.75, 3.05) is 9.80 Å². The molecule has 2 aromatic heterocycles. The van der Waals surface area contributed by atoms with Crippen LogP contribution < -0.4 is 9.80 Å². The Labute approximate surface area is 549 Å². The highest BCUT2D eigenvalue weighted by Crippen LogP contribution is 2.66. The Morgan fingerprint density at radius 3 is 1.27 bits per heavy atom. The van der Waals surface area contributed by atoms with Crippen molar-refractivity contribution in [1.82, 2.24) is 0 Å². The Hall–Kier alpha value is -12.0. The summed E-state index contributed by atoms with van der Waals surface area (Å²) in [5.41, 5.74) is 20.7. The lowest BCUT2D eigenvalue weighted by molar-refractivity contribution is 0.376. The number of halogens is 2. The molecule has 2 aliphatic rings. The van der Waals surface area contributed by atoms with Gasteiger partial charge in [0.15, 0.2) is 11.2 Å². The molecule has 0 fully saturated rings. The average molecular weight is 1230 g/mol. The highest BCUT2D eigenvalue weighted by atomic mass is 19.1. The summed E-state index contributed by atoms with van der Waals surface area (Å²) in [4.78, 5) is 4.16. The maximum absolute atomic E-state index is 18.7. The predicted molar refractivity (Wildman–Crippen MR) is 385 cm³/mol. The minimum atomic E-state index is -0.842. The lowest BCUT2D eigenvalue weighted by atomic mass is 9.56. The molecule has 0 N–H and O–H groups in total. The number of hydrogen-bond donors (Lipinski definition) is 0. The quantitative estimate of drug-likeness (QED) is 0.129. The van der Waals surface area contributed by atoms with Crippen LogP contribution >= 0.6 is 0 Å². The summed E-state index contributed by atoms with van der Waals surface area (Å²) in [5, 5.41) is 3.77. The van der Waals surface area contributed by atoms with E-state index in [9.17, 15) is 0 Å². The molecule has 95 heavy (non-hydrogen) atoms. The standard InChI is InChI=1S/C89H58F2N2O2/c1-55-25-13-14-32-63(55)73-50-60(57-28-9-5-10-29-57)52-79(91)85(73)93(81-42-24-38-71-69-36-18-22-44-83(69)95-87(71)81)62-46-48-67-65-34-16-20-40-75(65)89(3,77(67)54-62)88(2)74-39-19-15-33-64(74)66-47-45-61(53-76(66)88)92(80-41-23-37-70-68-35-17-21-43-82(68)94-86(70)80)84-72(58-30-11-6-12-31-58)49-59(51-78(84)90)56-26-7-4-8-27-56/h4-11,13-30,32-54H,1-3H3. The van der Waals surface area contributed by atoms with Crippen molar-refractivity contribution >= 4 is 78.0 Å². The summed E-state index contributed by atoms with van der Waals surface area (Å²) in [6.07, 6.45) is 0. The molecule has 2 unspecified atom stereocenters. The Morgan fingerprint density at radius 1 is 0.337 bits per heavy atom. The van der Waals surface area contributed by atoms with Crippen molar-refractivity contribution in [1.29, 1.82) is 0 Å².